The van der Waals surface area contributed by atoms with E-state index < -0.39 is 0 Å². The number of ketones is 1. The maximum absolute atomic E-state index is 12.5. The highest BCUT2D eigenvalue weighted by atomic mass is 32.2. The number of fused-ring (bicyclic) bond motifs is 1. The predicted molar refractivity (Wildman–Crippen MR) is 91.1 cm³/mol. The summed E-state index contributed by atoms with van der Waals surface area (Å²) in [7, 11) is 0. The fourth-order valence-electron chi connectivity index (χ4n) is 2.45. The zero-order chi connectivity index (χ0) is 13.9. The Labute approximate surface area is 131 Å². The van der Waals surface area contributed by atoms with Gasteiger partial charge in [0.25, 0.3) is 0 Å². The fraction of sp³-hybridized carbons (Fsp3) is 0.467. The number of para-hydroxylation sites is 1. The van der Waals surface area contributed by atoms with Gasteiger partial charge in [-0.15, -0.1) is 23.1 Å². The van der Waals surface area contributed by atoms with Gasteiger partial charge in [0, 0.05) is 16.8 Å². The molecule has 2 nitrogen and oxygen atoms in total. The first kappa shape index (κ1) is 14.4. The van der Waals surface area contributed by atoms with Crippen molar-refractivity contribution in [3.05, 3.63) is 29.3 Å². The monoisotopic (exact) mass is 323 g/mol. The number of carbonyl (C=O) groups excluding carboxylic acids is 1. The summed E-state index contributed by atoms with van der Waals surface area (Å²) in [5.41, 5.74) is 1.01. The molecule has 0 radical (unpaired) electrons. The van der Waals surface area contributed by atoms with Crippen LogP contribution in [0.15, 0.2) is 24.3 Å². The van der Waals surface area contributed by atoms with Crippen LogP contribution in [0.1, 0.15) is 18.4 Å². The smallest absolute Gasteiger partial charge is 0.153 e. The average Bonchev–Trinajstić information content (AvgIpc) is 2.89. The van der Waals surface area contributed by atoms with Crippen LogP contribution in [0.3, 0.4) is 0 Å². The number of rotatable bonds is 4. The Kier molecular flexibility index (Phi) is 4.68. The molecule has 0 N–H and O–H groups in total. The molecule has 5 heteroatoms. The Morgan fingerprint density at radius 2 is 2.10 bits per heavy atom. The number of aromatic nitrogens is 1. The van der Waals surface area contributed by atoms with Crippen molar-refractivity contribution in [2.75, 3.05) is 11.5 Å². The normalized spacial score (nSPS) is 23.1. The molecule has 0 aliphatic carbocycles. The highest BCUT2D eigenvalue weighted by Crippen LogP contribution is 2.34. The van der Waals surface area contributed by atoms with Gasteiger partial charge in [-0.3, -0.25) is 4.79 Å². The van der Waals surface area contributed by atoms with Gasteiger partial charge in [-0.25, -0.2) is 4.98 Å². The maximum Gasteiger partial charge on any atom is 0.153 e. The number of thioether (sulfide) groups is 2. The van der Waals surface area contributed by atoms with Crippen LogP contribution in [-0.2, 0) is 11.2 Å². The molecule has 1 aromatic heterocycles. The molecule has 0 saturated carbocycles. The predicted octanol–water partition coefficient (Wildman–Crippen LogP) is 4.04. The highest BCUT2D eigenvalue weighted by molar-refractivity contribution is 8.07. The van der Waals surface area contributed by atoms with Gasteiger partial charge in [-0.1, -0.05) is 19.1 Å². The minimum atomic E-state index is 0.158. The summed E-state index contributed by atoms with van der Waals surface area (Å²) in [6, 6.07) is 8.10. The summed E-state index contributed by atoms with van der Waals surface area (Å²) in [6.45, 7) is 2.18. The number of benzene rings is 1. The first-order valence-electron chi connectivity index (χ1n) is 6.88. The minimum Gasteiger partial charge on any atom is -0.298 e. The number of hydrogen-bond donors (Lipinski definition) is 0. The van der Waals surface area contributed by atoms with Crippen molar-refractivity contribution < 1.29 is 4.79 Å². The molecular weight excluding hydrogens is 306 g/mol. The molecule has 0 bridgehead atoms. The molecule has 106 valence electrons. The van der Waals surface area contributed by atoms with Crippen molar-refractivity contribution in [2.45, 2.75) is 30.3 Å². The van der Waals surface area contributed by atoms with Gasteiger partial charge >= 0.3 is 0 Å². The van der Waals surface area contributed by atoms with Crippen LogP contribution in [0.25, 0.3) is 10.2 Å². The standard InChI is InChI=1S/C15H17NOS3/c1-2-12-15(19-8-7-18-12)11(17)9-14-16-10-5-3-4-6-13(10)20-14/h3-6,12,15H,2,7-9H2,1H3. The van der Waals surface area contributed by atoms with Crippen LogP contribution in [-0.4, -0.2) is 32.8 Å². The van der Waals surface area contributed by atoms with E-state index in [2.05, 4.69) is 18.0 Å². The van der Waals surface area contributed by atoms with E-state index in [1.54, 1.807) is 11.3 Å². The second kappa shape index (κ2) is 6.50. The zero-order valence-electron chi connectivity index (χ0n) is 11.4. The summed E-state index contributed by atoms with van der Waals surface area (Å²) in [4.78, 5) is 17.1. The van der Waals surface area contributed by atoms with Crippen LogP contribution in [0.4, 0.5) is 0 Å². The van der Waals surface area contributed by atoms with Crippen LogP contribution in [0, 0.1) is 0 Å². The first-order chi connectivity index (χ1) is 9.78. The molecule has 20 heavy (non-hydrogen) atoms. The van der Waals surface area contributed by atoms with Crippen molar-refractivity contribution in [2.24, 2.45) is 0 Å². The largest absolute Gasteiger partial charge is 0.298 e. The van der Waals surface area contributed by atoms with E-state index in [0.717, 1.165) is 22.7 Å². The molecule has 2 heterocycles. The lowest BCUT2D eigenvalue weighted by molar-refractivity contribution is -0.117. The highest BCUT2D eigenvalue weighted by Gasteiger charge is 2.31. The van der Waals surface area contributed by atoms with E-state index in [1.807, 2.05) is 41.7 Å². The third-order valence-corrected chi connectivity index (χ3v) is 7.76. The summed E-state index contributed by atoms with van der Waals surface area (Å²) >= 11 is 5.44. The molecule has 2 atom stereocenters. The summed E-state index contributed by atoms with van der Waals surface area (Å²) in [5.74, 6) is 2.62. The summed E-state index contributed by atoms with van der Waals surface area (Å²) in [6.07, 6.45) is 1.57. The van der Waals surface area contributed by atoms with Gasteiger partial charge in [0.05, 0.1) is 21.9 Å². The first-order valence-corrected chi connectivity index (χ1v) is 9.79. The Morgan fingerprint density at radius 3 is 2.90 bits per heavy atom. The molecule has 2 aromatic rings. The molecule has 1 aliphatic rings. The lowest BCUT2D eigenvalue weighted by atomic mass is 10.1. The average molecular weight is 324 g/mol. The molecule has 1 saturated heterocycles. The Bertz CT molecular complexity index is 577. The van der Waals surface area contributed by atoms with Gasteiger partial charge in [-0.05, 0) is 18.6 Å². The Balaban J connectivity index is 1.74. The second-order valence-corrected chi connectivity index (χ2v) is 8.54. The topological polar surface area (TPSA) is 30.0 Å². The lowest BCUT2D eigenvalue weighted by Crippen LogP contribution is -2.33. The quantitative estimate of drug-likeness (QED) is 0.849. The van der Waals surface area contributed by atoms with Crippen molar-refractivity contribution in [1.29, 1.82) is 0 Å². The van der Waals surface area contributed by atoms with E-state index in [4.69, 9.17) is 0 Å². The molecule has 0 spiro atoms. The van der Waals surface area contributed by atoms with Crippen LogP contribution >= 0.6 is 34.9 Å². The van der Waals surface area contributed by atoms with E-state index in [0.29, 0.717) is 17.5 Å². The van der Waals surface area contributed by atoms with E-state index in [-0.39, 0.29) is 5.25 Å². The van der Waals surface area contributed by atoms with E-state index in [1.165, 1.54) is 10.5 Å². The second-order valence-electron chi connectivity index (χ2n) is 4.83. The van der Waals surface area contributed by atoms with Crippen molar-refractivity contribution in [1.82, 2.24) is 4.98 Å². The van der Waals surface area contributed by atoms with Gasteiger partial charge in [0.1, 0.15) is 5.01 Å². The molecular formula is C15H17NOS3. The number of thiazole rings is 1. The van der Waals surface area contributed by atoms with Gasteiger partial charge in [0.2, 0.25) is 0 Å². The molecule has 1 fully saturated rings. The molecule has 1 aliphatic heterocycles. The fourth-order valence-corrected chi connectivity index (χ4v) is 6.46. The van der Waals surface area contributed by atoms with Crippen LogP contribution in [0.5, 0.6) is 0 Å². The summed E-state index contributed by atoms with van der Waals surface area (Å²) < 4.78 is 1.17. The maximum atomic E-state index is 12.5. The number of hydrogen-bond acceptors (Lipinski definition) is 5. The van der Waals surface area contributed by atoms with Gasteiger partial charge < -0.3 is 0 Å². The zero-order valence-corrected chi connectivity index (χ0v) is 13.8. The number of nitrogens with zero attached hydrogens (tertiary/aromatic N) is 1. The van der Waals surface area contributed by atoms with Gasteiger partial charge in [0.15, 0.2) is 5.78 Å². The van der Waals surface area contributed by atoms with Crippen LogP contribution < -0.4 is 0 Å². The minimum absolute atomic E-state index is 0.158. The molecule has 1 aromatic carbocycles. The third-order valence-electron chi connectivity index (χ3n) is 3.43. The number of Topliss-reactive ketones (excluding diaryl/α,β-unsaturated/α-hetero) is 1. The number of carbonyl (C=O) groups is 1. The molecule has 3 rings (SSSR count). The lowest BCUT2D eigenvalue weighted by Gasteiger charge is -2.28. The van der Waals surface area contributed by atoms with Crippen molar-refractivity contribution in [3.63, 3.8) is 0 Å². The van der Waals surface area contributed by atoms with Crippen molar-refractivity contribution >= 4 is 50.9 Å². The SMILES string of the molecule is CCC1SCCSC1C(=O)Cc1nc2ccccc2s1. The van der Waals surface area contributed by atoms with Crippen LogP contribution in [0.2, 0.25) is 0 Å². The summed E-state index contributed by atoms with van der Waals surface area (Å²) in [5, 5.41) is 1.60. The third kappa shape index (κ3) is 3.05. The van der Waals surface area contributed by atoms with Gasteiger partial charge in [-0.2, -0.15) is 11.8 Å². The van der Waals surface area contributed by atoms with Crippen molar-refractivity contribution in [3.8, 4) is 0 Å². The van der Waals surface area contributed by atoms with E-state index in [9.17, 15) is 4.79 Å². The van der Waals surface area contributed by atoms with E-state index >= 15 is 0 Å². The Morgan fingerprint density at radius 1 is 1.30 bits per heavy atom. The molecule has 2 unspecified atom stereocenters. The molecule has 0 amide bonds. The Hall–Kier alpha value is -0.520.